The van der Waals surface area contributed by atoms with Crippen molar-refractivity contribution >= 4 is 39.3 Å². The van der Waals surface area contributed by atoms with Crippen LogP contribution in [0.15, 0.2) is 36.4 Å². The Morgan fingerprint density at radius 3 is 2.67 bits per heavy atom. The number of pyridine rings is 1. The first-order valence-electron chi connectivity index (χ1n) is 12.6. The molecule has 1 aliphatic heterocycles. The molecule has 0 radical (unpaired) electrons. The summed E-state index contributed by atoms with van der Waals surface area (Å²) in [6.45, 7) is 7.92. The molecule has 1 aliphatic rings. The van der Waals surface area contributed by atoms with E-state index in [4.69, 9.17) is 14.2 Å². The van der Waals surface area contributed by atoms with Crippen molar-refractivity contribution in [2.45, 2.75) is 52.7 Å². The van der Waals surface area contributed by atoms with E-state index in [1.165, 1.54) is 11.3 Å². The van der Waals surface area contributed by atoms with Crippen molar-refractivity contribution in [3.8, 4) is 22.6 Å². The topological polar surface area (TPSA) is 133 Å². The molecule has 0 saturated heterocycles. The number of carboxylic acids is 1. The van der Waals surface area contributed by atoms with Crippen LogP contribution in [-0.2, 0) is 20.9 Å². The van der Waals surface area contributed by atoms with E-state index in [0.29, 0.717) is 40.5 Å². The standard InChI is InChI=1S/C28H28N4O6S/c1-5-15(3)38-28(35)23(27(33)34)25-31-24(29-12-18-8-6-7-14(2)30-18)22-21(16(4)39-26(22)32-25)17-9-10-19-20(11-17)37-13-36-19/h6-11,15,23H,5,12-13H2,1-4H3,(H,33,34)(H,29,31,32). The van der Waals surface area contributed by atoms with Crippen LogP contribution < -0.4 is 14.8 Å². The van der Waals surface area contributed by atoms with E-state index in [1.807, 2.05) is 57.2 Å². The first-order chi connectivity index (χ1) is 18.7. The van der Waals surface area contributed by atoms with Crippen molar-refractivity contribution < 1.29 is 28.9 Å². The molecule has 10 nitrogen and oxygen atoms in total. The highest BCUT2D eigenvalue weighted by atomic mass is 32.1. The zero-order valence-electron chi connectivity index (χ0n) is 22.0. The zero-order chi connectivity index (χ0) is 27.7. The number of aromatic nitrogens is 3. The lowest BCUT2D eigenvalue weighted by Gasteiger charge is -2.16. The number of carbonyl (C=O) groups excluding carboxylic acids is 1. The van der Waals surface area contributed by atoms with Gasteiger partial charge in [-0.3, -0.25) is 14.6 Å². The summed E-state index contributed by atoms with van der Waals surface area (Å²) in [7, 11) is 0. The molecule has 2 unspecified atom stereocenters. The Balaban J connectivity index is 1.64. The second-order valence-corrected chi connectivity index (χ2v) is 10.5. The van der Waals surface area contributed by atoms with Crippen molar-refractivity contribution in [1.29, 1.82) is 0 Å². The number of hydrogen-bond donors (Lipinski definition) is 2. The Bertz CT molecular complexity index is 1570. The maximum atomic E-state index is 12.9. The molecular weight excluding hydrogens is 520 g/mol. The summed E-state index contributed by atoms with van der Waals surface area (Å²) < 4.78 is 16.4. The smallest absolute Gasteiger partial charge is 0.328 e. The molecule has 202 valence electrons. The molecule has 2 atom stereocenters. The third kappa shape index (κ3) is 5.35. The van der Waals surface area contributed by atoms with Gasteiger partial charge in [-0.1, -0.05) is 19.1 Å². The van der Waals surface area contributed by atoms with Crippen LogP contribution in [0.1, 0.15) is 48.3 Å². The highest BCUT2D eigenvalue weighted by molar-refractivity contribution is 7.19. The van der Waals surface area contributed by atoms with Crippen LogP contribution in [0, 0.1) is 13.8 Å². The number of carbonyl (C=O) groups is 2. The van der Waals surface area contributed by atoms with Crippen molar-refractivity contribution in [2.24, 2.45) is 0 Å². The van der Waals surface area contributed by atoms with Gasteiger partial charge in [0.1, 0.15) is 10.6 Å². The summed E-state index contributed by atoms with van der Waals surface area (Å²) in [4.78, 5) is 40.3. The first-order valence-corrected chi connectivity index (χ1v) is 13.4. The molecule has 0 saturated carbocycles. The largest absolute Gasteiger partial charge is 0.480 e. The molecular formula is C28H28N4O6S. The molecule has 39 heavy (non-hydrogen) atoms. The Morgan fingerprint density at radius 1 is 1.13 bits per heavy atom. The van der Waals surface area contributed by atoms with Gasteiger partial charge in [0.15, 0.2) is 17.3 Å². The Hall–Kier alpha value is -4.25. The van der Waals surface area contributed by atoms with Crippen molar-refractivity contribution in [3.05, 3.63) is 58.5 Å². The lowest BCUT2D eigenvalue weighted by atomic mass is 10.0. The monoisotopic (exact) mass is 548 g/mol. The van der Waals surface area contributed by atoms with Crippen LogP contribution in [0.5, 0.6) is 11.5 Å². The molecule has 0 amide bonds. The molecule has 4 aromatic rings. The lowest BCUT2D eigenvalue weighted by molar-refractivity contribution is -0.157. The quantitative estimate of drug-likeness (QED) is 0.212. The van der Waals surface area contributed by atoms with E-state index in [-0.39, 0.29) is 12.6 Å². The fourth-order valence-electron chi connectivity index (χ4n) is 4.32. The predicted octanol–water partition coefficient (Wildman–Crippen LogP) is 5.22. The molecule has 0 bridgehead atoms. The number of nitrogens with zero attached hydrogens (tertiary/aromatic N) is 3. The fraction of sp³-hybridized carbons (Fsp3) is 0.321. The molecule has 5 rings (SSSR count). The SMILES string of the molecule is CCC(C)OC(=O)C(C(=O)O)c1nc(NCc2cccc(C)n2)c2c(-c3ccc4c(c3)OCO4)c(C)sc2n1. The maximum Gasteiger partial charge on any atom is 0.328 e. The number of benzene rings is 1. The molecule has 1 aromatic carbocycles. The Morgan fingerprint density at radius 2 is 1.92 bits per heavy atom. The lowest BCUT2D eigenvalue weighted by Crippen LogP contribution is -2.28. The molecule has 0 spiro atoms. The second-order valence-electron chi connectivity index (χ2n) is 9.26. The number of thiophene rings is 1. The van der Waals surface area contributed by atoms with E-state index in [9.17, 15) is 14.7 Å². The number of esters is 1. The summed E-state index contributed by atoms with van der Waals surface area (Å²) in [6.07, 6.45) is 0.117. The van der Waals surface area contributed by atoms with Gasteiger partial charge in [0, 0.05) is 16.1 Å². The molecule has 0 aliphatic carbocycles. The van der Waals surface area contributed by atoms with Gasteiger partial charge in [-0.15, -0.1) is 11.3 Å². The van der Waals surface area contributed by atoms with Gasteiger partial charge in [0.05, 0.1) is 23.7 Å². The highest BCUT2D eigenvalue weighted by Gasteiger charge is 2.35. The second kappa shape index (κ2) is 10.9. The van der Waals surface area contributed by atoms with E-state index < -0.39 is 24.0 Å². The van der Waals surface area contributed by atoms with E-state index in [0.717, 1.165) is 27.4 Å². The summed E-state index contributed by atoms with van der Waals surface area (Å²) in [6, 6.07) is 11.4. The van der Waals surface area contributed by atoms with Crippen molar-refractivity contribution in [2.75, 3.05) is 12.1 Å². The minimum Gasteiger partial charge on any atom is -0.480 e. The number of fused-ring (bicyclic) bond motifs is 2. The number of anilines is 1. The summed E-state index contributed by atoms with van der Waals surface area (Å²) in [5, 5.41) is 14.0. The highest BCUT2D eigenvalue weighted by Crippen LogP contribution is 2.44. The number of ether oxygens (including phenoxy) is 3. The normalized spacial score (nSPS) is 13.7. The third-order valence-corrected chi connectivity index (χ3v) is 7.42. The van der Waals surface area contributed by atoms with E-state index in [2.05, 4.69) is 20.3 Å². The van der Waals surface area contributed by atoms with Gasteiger partial charge in [-0.25, -0.2) is 9.97 Å². The molecule has 3 aromatic heterocycles. The Labute approximate surface area is 229 Å². The van der Waals surface area contributed by atoms with E-state index >= 15 is 0 Å². The van der Waals surface area contributed by atoms with Crippen LogP contribution in [0.3, 0.4) is 0 Å². The van der Waals surface area contributed by atoms with Gasteiger partial charge in [-0.2, -0.15) is 0 Å². The first kappa shape index (κ1) is 26.4. The molecule has 2 N–H and O–H groups in total. The minimum atomic E-state index is -1.67. The summed E-state index contributed by atoms with van der Waals surface area (Å²) in [5.74, 6) is -2.37. The number of nitrogens with one attached hydrogen (secondary N) is 1. The van der Waals surface area contributed by atoms with Crippen LogP contribution >= 0.6 is 11.3 Å². The number of rotatable bonds is 9. The number of aliphatic carboxylic acids is 1. The minimum absolute atomic E-state index is 0.138. The van der Waals surface area contributed by atoms with Crippen LogP contribution in [0.2, 0.25) is 0 Å². The fourth-order valence-corrected chi connectivity index (χ4v) is 5.38. The van der Waals surface area contributed by atoms with Gasteiger partial charge in [0.25, 0.3) is 0 Å². The third-order valence-electron chi connectivity index (χ3n) is 6.42. The van der Waals surface area contributed by atoms with Crippen molar-refractivity contribution in [3.63, 3.8) is 0 Å². The van der Waals surface area contributed by atoms with Gasteiger partial charge >= 0.3 is 11.9 Å². The van der Waals surface area contributed by atoms with E-state index in [1.54, 1.807) is 6.92 Å². The van der Waals surface area contributed by atoms with Gasteiger partial charge < -0.3 is 24.6 Å². The number of carboxylic acid groups (broad SMARTS) is 1. The zero-order valence-corrected chi connectivity index (χ0v) is 22.8. The average Bonchev–Trinajstić information content (AvgIpc) is 3.50. The maximum absolute atomic E-state index is 12.9. The van der Waals surface area contributed by atoms with Crippen LogP contribution in [-0.4, -0.2) is 44.9 Å². The molecule has 0 fully saturated rings. The van der Waals surface area contributed by atoms with Gasteiger partial charge in [0.2, 0.25) is 12.7 Å². The summed E-state index contributed by atoms with van der Waals surface area (Å²) in [5.41, 5.74) is 3.41. The van der Waals surface area contributed by atoms with Crippen molar-refractivity contribution in [1.82, 2.24) is 15.0 Å². The number of aryl methyl sites for hydroxylation is 2. The molecule has 4 heterocycles. The molecule has 11 heteroatoms. The van der Waals surface area contributed by atoms with Crippen LogP contribution in [0.25, 0.3) is 21.3 Å². The average molecular weight is 549 g/mol. The number of hydrogen-bond acceptors (Lipinski definition) is 10. The Kier molecular flexibility index (Phi) is 7.34. The van der Waals surface area contributed by atoms with Crippen LogP contribution in [0.4, 0.5) is 5.82 Å². The van der Waals surface area contributed by atoms with Gasteiger partial charge in [-0.05, 0) is 57.0 Å². The summed E-state index contributed by atoms with van der Waals surface area (Å²) >= 11 is 1.39. The predicted molar refractivity (Wildman–Crippen MR) is 146 cm³/mol.